The number of halogens is 1. The number of allylic oxidation sites excluding steroid dienone is 1. The largest absolute Gasteiger partial charge is 0.207 e. The van der Waals surface area contributed by atoms with E-state index in [2.05, 4.69) is 0 Å². The minimum Gasteiger partial charge on any atom is -0.207 e. The Morgan fingerprint density at radius 1 is 1.20 bits per heavy atom. The Bertz CT molecular complexity index is 287. The van der Waals surface area contributed by atoms with Gasteiger partial charge in [0.2, 0.25) is 0 Å². The lowest BCUT2D eigenvalue weighted by Gasteiger charge is -1.94. The summed E-state index contributed by atoms with van der Waals surface area (Å²) in [6.07, 6.45) is 2.37. The van der Waals surface area contributed by atoms with Gasteiger partial charge in [-0.05, 0) is 18.1 Å². The smallest absolute Gasteiger partial charge is 0.127 e. The molecule has 0 aliphatic heterocycles. The van der Waals surface area contributed by atoms with Gasteiger partial charge < -0.3 is 0 Å². The SMILES string of the molecule is FC1=CCc2ccccc21. The van der Waals surface area contributed by atoms with E-state index in [4.69, 9.17) is 0 Å². The molecule has 1 heteroatoms. The van der Waals surface area contributed by atoms with Crippen molar-refractivity contribution in [1.29, 1.82) is 0 Å². The standard InChI is InChI=1S/C9H7F/c10-9-6-5-7-3-1-2-4-8(7)9/h1-4,6H,5H2. The van der Waals surface area contributed by atoms with Crippen molar-refractivity contribution >= 4 is 5.83 Å². The van der Waals surface area contributed by atoms with Crippen molar-refractivity contribution in [2.24, 2.45) is 0 Å². The molecular weight excluding hydrogens is 127 g/mol. The molecule has 0 fully saturated rings. The van der Waals surface area contributed by atoms with Crippen LogP contribution in [0.2, 0.25) is 0 Å². The number of fused-ring (bicyclic) bond motifs is 1. The first-order valence-corrected chi connectivity index (χ1v) is 3.32. The zero-order chi connectivity index (χ0) is 6.97. The summed E-state index contributed by atoms with van der Waals surface area (Å²) >= 11 is 0. The molecule has 1 aliphatic rings. The van der Waals surface area contributed by atoms with Gasteiger partial charge in [0.15, 0.2) is 0 Å². The van der Waals surface area contributed by atoms with Crippen molar-refractivity contribution in [3.05, 3.63) is 41.5 Å². The Hall–Kier alpha value is -1.11. The lowest BCUT2D eigenvalue weighted by Crippen LogP contribution is -1.78. The molecule has 1 aliphatic carbocycles. The quantitative estimate of drug-likeness (QED) is 0.511. The number of benzene rings is 1. The third-order valence-corrected chi connectivity index (χ3v) is 1.78. The molecule has 0 aromatic heterocycles. The second kappa shape index (κ2) is 1.94. The molecule has 0 N–H and O–H groups in total. The van der Waals surface area contributed by atoms with Gasteiger partial charge in [-0.3, -0.25) is 0 Å². The average molecular weight is 134 g/mol. The van der Waals surface area contributed by atoms with Crippen molar-refractivity contribution in [3.63, 3.8) is 0 Å². The maximum Gasteiger partial charge on any atom is 0.127 e. The van der Waals surface area contributed by atoms with Crippen LogP contribution < -0.4 is 0 Å². The van der Waals surface area contributed by atoms with Crippen LogP contribution in [0.1, 0.15) is 11.1 Å². The molecule has 0 amide bonds. The van der Waals surface area contributed by atoms with Gasteiger partial charge in [0, 0.05) is 5.56 Å². The predicted molar refractivity (Wildman–Crippen MR) is 39.2 cm³/mol. The molecule has 0 saturated heterocycles. The Morgan fingerprint density at radius 3 is 2.80 bits per heavy atom. The Morgan fingerprint density at radius 2 is 2.00 bits per heavy atom. The molecule has 0 radical (unpaired) electrons. The average Bonchev–Trinajstić information content (AvgIpc) is 2.34. The van der Waals surface area contributed by atoms with Crippen LogP contribution in [0.5, 0.6) is 0 Å². The second-order valence-electron chi connectivity index (χ2n) is 2.41. The molecule has 1 aromatic carbocycles. The van der Waals surface area contributed by atoms with Crippen molar-refractivity contribution < 1.29 is 4.39 Å². The first kappa shape index (κ1) is 5.66. The van der Waals surface area contributed by atoms with Crippen LogP contribution in [0, 0.1) is 0 Å². The van der Waals surface area contributed by atoms with Gasteiger partial charge in [-0.15, -0.1) is 0 Å². The maximum atomic E-state index is 12.8. The lowest BCUT2D eigenvalue weighted by molar-refractivity contribution is 0.762. The van der Waals surface area contributed by atoms with Crippen LogP contribution in [0.15, 0.2) is 30.3 Å². The molecule has 10 heavy (non-hydrogen) atoms. The van der Waals surface area contributed by atoms with E-state index in [0.29, 0.717) is 0 Å². The minimum atomic E-state index is -0.0735. The van der Waals surface area contributed by atoms with Crippen LogP contribution in [0.4, 0.5) is 4.39 Å². The van der Waals surface area contributed by atoms with Crippen LogP contribution in [-0.4, -0.2) is 0 Å². The van der Waals surface area contributed by atoms with Gasteiger partial charge in [-0.2, -0.15) is 0 Å². The normalized spacial score (nSPS) is 14.7. The van der Waals surface area contributed by atoms with Gasteiger partial charge in [0.05, 0.1) is 0 Å². The van der Waals surface area contributed by atoms with Crippen LogP contribution in [0.3, 0.4) is 0 Å². The minimum absolute atomic E-state index is 0.0735. The molecule has 0 nitrogen and oxygen atoms in total. The zero-order valence-corrected chi connectivity index (χ0v) is 5.47. The van der Waals surface area contributed by atoms with E-state index in [-0.39, 0.29) is 5.83 Å². The van der Waals surface area contributed by atoms with Crippen LogP contribution in [0.25, 0.3) is 5.83 Å². The zero-order valence-electron chi connectivity index (χ0n) is 5.47. The van der Waals surface area contributed by atoms with Crippen molar-refractivity contribution in [2.45, 2.75) is 6.42 Å². The van der Waals surface area contributed by atoms with Gasteiger partial charge in [0.25, 0.3) is 0 Å². The summed E-state index contributed by atoms with van der Waals surface area (Å²) in [6.45, 7) is 0. The highest BCUT2D eigenvalue weighted by Crippen LogP contribution is 2.27. The highest BCUT2D eigenvalue weighted by atomic mass is 19.1. The van der Waals surface area contributed by atoms with E-state index in [1.165, 1.54) is 0 Å². The Kier molecular flexibility index (Phi) is 1.10. The maximum absolute atomic E-state index is 12.8. The highest BCUT2D eigenvalue weighted by Gasteiger charge is 2.11. The fraction of sp³-hybridized carbons (Fsp3) is 0.111. The summed E-state index contributed by atoms with van der Waals surface area (Å²) in [5.41, 5.74) is 1.86. The molecular formula is C9H7F. The van der Waals surface area contributed by atoms with E-state index in [9.17, 15) is 4.39 Å². The second-order valence-corrected chi connectivity index (χ2v) is 2.41. The summed E-state index contributed by atoms with van der Waals surface area (Å²) in [7, 11) is 0. The lowest BCUT2D eigenvalue weighted by atomic mass is 10.1. The molecule has 0 heterocycles. The summed E-state index contributed by atoms with van der Waals surface area (Å²) in [5, 5.41) is 0. The van der Waals surface area contributed by atoms with Crippen molar-refractivity contribution in [2.75, 3.05) is 0 Å². The van der Waals surface area contributed by atoms with Crippen molar-refractivity contribution in [3.8, 4) is 0 Å². The topological polar surface area (TPSA) is 0 Å². The summed E-state index contributed by atoms with van der Waals surface area (Å²) in [6, 6.07) is 7.56. The van der Waals surface area contributed by atoms with E-state index in [1.807, 2.05) is 24.3 Å². The number of hydrogen-bond donors (Lipinski definition) is 0. The summed E-state index contributed by atoms with van der Waals surface area (Å²) < 4.78 is 12.8. The van der Waals surface area contributed by atoms with Gasteiger partial charge in [-0.25, -0.2) is 4.39 Å². The van der Waals surface area contributed by atoms with Gasteiger partial charge in [0.1, 0.15) is 5.83 Å². The molecule has 0 spiro atoms. The van der Waals surface area contributed by atoms with Gasteiger partial charge in [-0.1, -0.05) is 24.3 Å². The molecule has 0 bridgehead atoms. The molecule has 2 rings (SSSR count). The fourth-order valence-corrected chi connectivity index (χ4v) is 1.24. The molecule has 50 valence electrons. The van der Waals surface area contributed by atoms with E-state index in [1.54, 1.807) is 6.08 Å². The number of rotatable bonds is 0. The third-order valence-electron chi connectivity index (χ3n) is 1.78. The fourth-order valence-electron chi connectivity index (χ4n) is 1.24. The van der Waals surface area contributed by atoms with Crippen LogP contribution >= 0.6 is 0 Å². The molecule has 1 aromatic rings. The van der Waals surface area contributed by atoms with Gasteiger partial charge >= 0.3 is 0 Å². The highest BCUT2D eigenvalue weighted by molar-refractivity contribution is 5.67. The summed E-state index contributed by atoms with van der Waals surface area (Å²) in [4.78, 5) is 0. The Balaban J connectivity index is 2.61. The first-order valence-electron chi connectivity index (χ1n) is 3.32. The van der Waals surface area contributed by atoms with E-state index in [0.717, 1.165) is 17.5 Å². The van der Waals surface area contributed by atoms with E-state index < -0.39 is 0 Å². The number of hydrogen-bond acceptors (Lipinski definition) is 0. The van der Waals surface area contributed by atoms with E-state index >= 15 is 0 Å². The monoisotopic (exact) mass is 134 g/mol. The molecule has 0 atom stereocenters. The van der Waals surface area contributed by atoms with Crippen LogP contribution in [-0.2, 0) is 6.42 Å². The van der Waals surface area contributed by atoms with Crippen molar-refractivity contribution in [1.82, 2.24) is 0 Å². The Labute approximate surface area is 59.0 Å². The summed E-state index contributed by atoms with van der Waals surface area (Å²) in [5.74, 6) is -0.0735. The third kappa shape index (κ3) is 0.670. The molecule has 0 saturated carbocycles. The first-order chi connectivity index (χ1) is 4.88. The molecule has 0 unspecified atom stereocenters. The predicted octanol–water partition coefficient (Wildman–Crippen LogP) is 2.55.